The lowest BCUT2D eigenvalue weighted by atomic mass is 10.0. The average Bonchev–Trinajstić information content (AvgIpc) is 3.02. The Morgan fingerprint density at radius 2 is 2.08 bits per heavy atom. The predicted octanol–water partition coefficient (Wildman–Crippen LogP) is 2.25. The second kappa shape index (κ2) is 7.72. The third-order valence-corrected chi connectivity index (χ3v) is 5.14. The second-order valence-electron chi connectivity index (χ2n) is 5.98. The normalized spacial score (nSPS) is 16.8. The van der Waals surface area contributed by atoms with Gasteiger partial charge in [0.1, 0.15) is 0 Å². The van der Waals surface area contributed by atoms with Crippen LogP contribution >= 0.6 is 11.8 Å². The lowest BCUT2D eigenvalue weighted by Gasteiger charge is -2.28. The van der Waals surface area contributed by atoms with Gasteiger partial charge in [0, 0.05) is 55.0 Å². The number of nitrogens with zero attached hydrogens (tertiary/aromatic N) is 1. The Labute approximate surface area is 144 Å². The molecule has 0 radical (unpaired) electrons. The number of fused-ring (bicyclic) bond motifs is 1. The highest BCUT2D eigenvalue weighted by molar-refractivity contribution is 7.99. The molecule has 1 amide bonds. The molecule has 1 atom stereocenters. The van der Waals surface area contributed by atoms with Crippen LogP contribution in [0.2, 0.25) is 0 Å². The van der Waals surface area contributed by atoms with Gasteiger partial charge >= 0.3 is 5.97 Å². The smallest absolute Gasteiger partial charge is 0.308 e. The van der Waals surface area contributed by atoms with E-state index in [1.807, 2.05) is 42.2 Å². The van der Waals surface area contributed by atoms with Crippen LogP contribution in [-0.4, -0.2) is 58.0 Å². The quantitative estimate of drug-likeness (QED) is 0.746. The Morgan fingerprint density at radius 1 is 1.29 bits per heavy atom. The number of thioether (sulfide) groups is 1. The Kier molecular flexibility index (Phi) is 5.42. The van der Waals surface area contributed by atoms with Crippen molar-refractivity contribution in [2.45, 2.75) is 6.42 Å². The molecule has 0 saturated carbocycles. The molecule has 1 fully saturated rings. The van der Waals surface area contributed by atoms with Crippen LogP contribution in [0.15, 0.2) is 30.5 Å². The van der Waals surface area contributed by atoms with Gasteiger partial charge in [0.25, 0.3) is 0 Å². The summed E-state index contributed by atoms with van der Waals surface area (Å²) in [5, 5.41) is 13.3. The van der Waals surface area contributed by atoms with Gasteiger partial charge in [-0.05, 0) is 23.6 Å². The zero-order valence-corrected chi connectivity index (χ0v) is 14.1. The van der Waals surface area contributed by atoms with Crippen molar-refractivity contribution in [3.8, 4) is 0 Å². The standard InChI is InChI=1S/C17H21N3O3S/c21-16(19-14-2-1-12-3-4-18-15(12)10-14)9-13(17(22)23)11-20-5-7-24-8-6-20/h1-4,10,13,18H,5-9,11H2,(H,19,21)(H,22,23)/t13-/m1/s1. The SMILES string of the molecule is O=C(C[C@H](CN1CCSCC1)C(=O)O)Nc1ccc2cc[nH]c2c1. The van der Waals surface area contributed by atoms with E-state index in [9.17, 15) is 14.7 Å². The fourth-order valence-corrected chi connectivity index (χ4v) is 3.87. The molecule has 24 heavy (non-hydrogen) atoms. The van der Waals surface area contributed by atoms with Gasteiger partial charge in [-0.3, -0.25) is 9.59 Å². The summed E-state index contributed by atoms with van der Waals surface area (Å²) in [5.41, 5.74) is 1.61. The van der Waals surface area contributed by atoms with Crippen molar-refractivity contribution in [1.82, 2.24) is 9.88 Å². The molecule has 1 aliphatic rings. The van der Waals surface area contributed by atoms with Gasteiger partial charge in [-0.15, -0.1) is 0 Å². The fraction of sp³-hybridized carbons (Fsp3) is 0.412. The number of H-pyrrole nitrogens is 1. The number of carbonyl (C=O) groups is 2. The van der Waals surface area contributed by atoms with E-state index < -0.39 is 11.9 Å². The Bertz CT molecular complexity index is 725. The molecular weight excluding hydrogens is 326 g/mol. The van der Waals surface area contributed by atoms with E-state index in [4.69, 9.17) is 0 Å². The molecule has 0 spiro atoms. The van der Waals surface area contributed by atoms with Crippen molar-refractivity contribution in [2.75, 3.05) is 36.5 Å². The number of aromatic amines is 1. The molecule has 1 aromatic heterocycles. The summed E-state index contributed by atoms with van der Waals surface area (Å²) in [5.74, 6) is 0.189. The molecule has 1 aromatic carbocycles. The summed E-state index contributed by atoms with van der Waals surface area (Å²) in [4.78, 5) is 28.9. The number of benzene rings is 1. The van der Waals surface area contributed by atoms with E-state index >= 15 is 0 Å². The third kappa shape index (κ3) is 4.30. The Morgan fingerprint density at radius 3 is 2.83 bits per heavy atom. The zero-order chi connectivity index (χ0) is 16.9. The highest BCUT2D eigenvalue weighted by Crippen LogP contribution is 2.19. The third-order valence-electron chi connectivity index (χ3n) is 4.20. The summed E-state index contributed by atoms with van der Waals surface area (Å²) in [6.07, 6.45) is 1.83. The van der Waals surface area contributed by atoms with Crippen molar-refractivity contribution in [3.05, 3.63) is 30.5 Å². The second-order valence-corrected chi connectivity index (χ2v) is 7.20. The van der Waals surface area contributed by atoms with Crippen molar-refractivity contribution in [3.63, 3.8) is 0 Å². The minimum atomic E-state index is -0.914. The number of hydrogen-bond acceptors (Lipinski definition) is 4. The molecule has 2 aromatic rings. The molecule has 7 heteroatoms. The van der Waals surface area contributed by atoms with Gasteiger partial charge in [0.05, 0.1) is 5.92 Å². The highest BCUT2D eigenvalue weighted by Gasteiger charge is 2.25. The molecule has 0 unspecified atom stereocenters. The number of hydrogen-bond donors (Lipinski definition) is 3. The van der Waals surface area contributed by atoms with Crippen molar-refractivity contribution in [1.29, 1.82) is 0 Å². The molecule has 1 saturated heterocycles. The molecule has 6 nitrogen and oxygen atoms in total. The van der Waals surface area contributed by atoms with E-state index in [2.05, 4.69) is 15.2 Å². The van der Waals surface area contributed by atoms with Gasteiger partial charge < -0.3 is 20.3 Å². The van der Waals surface area contributed by atoms with E-state index in [0.717, 1.165) is 35.5 Å². The number of carbonyl (C=O) groups excluding carboxylic acids is 1. The topological polar surface area (TPSA) is 85.4 Å². The van der Waals surface area contributed by atoms with Crippen molar-refractivity contribution >= 4 is 40.2 Å². The van der Waals surface area contributed by atoms with E-state index in [1.54, 1.807) is 0 Å². The Balaban J connectivity index is 1.59. The molecule has 1 aliphatic heterocycles. The van der Waals surface area contributed by atoms with Gasteiger partial charge in [-0.1, -0.05) is 6.07 Å². The number of anilines is 1. The summed E-state index contributed by atoms with van der Waals surface area (Å²) in [7, 11) is 0. The highest BCUT2D eigenvalue weighted by atomic mass is 32.2. The first-order chi connectivity index (χ1) is 11.6. The monoisotopic (exact) mass is 347 g/mol. The summed E-state index contributed by atoms with van der Waals surface area (Å²) >= 11 is 1.88. The van der Waals surface area contributed by atoms with Gasteiger partial charge in [-0.25, -0.2) is 0 Å². The molecular formula is C17H21N3O3S. The zero-order valence-electron chi connectivity index (χ0n) is 13.3. The first kappa shape index (κ1) is 16.9. The van der Waals surface area contributed by atoms with Crippen LogP contribution < -0.4 is 5.32 Å². The predicted molar refractivity (Wildman–Crippen MR) is 96.4 cm³/mol. The maximum Gasteiger partial charge on any atom is 0.308 e. The first-order valence-corrected chi connectivity index (χ1v) is 9.17. The number of carboxylic acid groups (broad SMARTS) is 1. The maximum atomic E-state index is 12.2. The summed E-state index contributed by atoms with van der Waals surface area (Å²) < 4.78 is 0. The number of rotatable bonds is 6. The molecule has 0 bridgehead atoms. The van der Waals surface area contributed by atoms with Crippen LogP contribution in [0, 0.1) is 5.92 Å². The number of aliphatic carboxylic acids is 1. The van der Waals surface area contributed by atoms with Crippen LogP contribution in [0.1, 0.15) is 6.42 Å². The molecule has 3 N–H and O–H groups in total. The van der Waals surface area contributed by atoms with Crippen LogP contribution in [0.3, 0.4) is 0 Å². The number of amides is 1. The van der Waals surface area contributed by atoms with Crippen LogP contribution in [0.25, 0.3) is 10.9 Å². The summed E-state index contributed by atoms with van der Waals surface area (Å²) in [6, 6.07) is 7.55. The molecule has 3 rings (SSSR count). The number of carboxylic acids is 1. The number of nitrogens with one attached hydrogen (secondary N) is 2. The minimum Gasteiger partial charge on any atom is -0.481 e. The van der Waals surface area contributed by atoms with E-state index in [0.29, 0.717) is 12.2 Å². The Hall–Kier alpha value is -1.99. The largest absolute Gasteiger partial charge is 0.481 e. The van der Waals surface area contributed by atoms with Crippen molar-refractivity contribution < 1.29 is 14.7 Å². The maximum absolute atomic E-state index is 12.2. The molecule has 128 valence electrons. The average molecular weight is 347 g/mol. The van der Waals surface area contributed by atoms with Crippen LogP contribution in [0.4, 0.5) is 5.69 Å². The van der Waals surface area contributed by atoms with Gasteiger partial charge in [0.15, 0.2) is 0 Å². The van der Waals surface area contributed by atoms with Gasteiger partial charge in [0.2, 0.25) is 5.91 Å². The molecule has 2 heterocycles. The van der Waals surface area contributed by atoms with Crippen LogP contribution in [-0.2, 0) is 9.59 Å². The molecule has 0 aliphatic carbocycles. The van der Waals surface area contributed by atoms with Crippen molar-refractivity contribution in [2.24, 2.45) is 5.92 Å². The van der Waals surface area contributed by atoms with Gasteiger partial charge in [-0.2, -0.15) is 11.8 Å². The number of aromatic nitrogens is 1. The van der Waals surface area contributed by atoms with Crippen LogP contribution in [0.5, 0.6) is 0 Å². The summed E-state index contributed by atoms with van der Waals surface area (Å²) in [6.45, 7) is 2.21. The lowest BCUT2D eigenvalue weighted by molar-refractivity contribution is -0.144. The van der Waals surface area contributed by atoms with E-state index in [-0.39, 0.29) is 12.3 Å². The first-order valence-electron chi connectivity index (χ1n) is 8.02. The fourth-order valence-electron chi connectivity index (χ4n) is 2.89. The van der Waals surface area contributed by atoms with E-state index in [1.165, 1.54) is 0 Å². The lowest BCUT2D eigenvalue weighted by Crippen LogP contribution is -2.39. The minimum absolute atomic E-state index is 0.0122.